The van der Waals surface area contributed by atoms with Gasteiger partial charge >= 0.3 is 12.6 Å². The van der Waals surface area contributed by atoms with Crippen LogP contribution in [0.4, 0.5) is 8.78 Å². The largest absolute Gasteiger partial charge is 0.455 e. The summed E-state index contributed by atoms with van der Waals surface area (Å²) in [5.74, 6) is -1.05. The SMILES string of the molecule is O=C(COC(=O)Cc1ccc(OC(F)F)cc1)NCc1cccc(Cl)c1. The minimum Gasteiger partial charge on any atom is -0.455 e. The lowest BCUT2D eigenvalue weighted by Crippen LogP contribution is -2.28. The number of carbonyl (C=O) groups excluding carboxylic acids is 2. The second kappa shape index (κ2) is 9.72. The lowest BCUT2D eigenvalue weighted by Gasteiger charge is -2.08. The van der Waals surface area contributed by atoms with E-state index in [-0.39, 0.29) is 18.7 Å². The van der Waals surface area contributed by atoms with E-state index < -0.39 is 25.1 Å². The van der Waals surface area contributed by atoms with E-state index in [1.807, 2.05) is 0 Å². The van der Waals surface area contributed by atoms with E-state index in [1.54, 1.807) is 24.3 Å². The maximum atomic E-state index is 12.1. The molecule has 0 fully saturated rings. The maximum absolute atomic E-state index is 12.1. The molecule has 0 spiro atoms. The van der Waals surface area contributed by atoms with Crippen LogP contribution in [0.1, 0.15) is 11.1 Å². The average molecular weight is 384 g/mol. The molecule has 1 N–H and O–H groups in total. The molecule has 138 valence electrons. The quantitative estimate of drug-likeness (QED) is 0.710. The Balaban J connectivity index is 1.71. The summed E-state index contributed by atoms with van der Waals surface area (Å²) < 4.78 is 33.2. The molecule has 26 heavy (non-hydrogen) atoms. The Hall–Kier alpha value is -2.67. The van der Waals surface area contributed by atoms with Crippen LogP contribution in [-0.2, 0) is 27.3 Å². The zero-order valence-corrected chi connectivity index (χ0v) is 14.3. The van der Waals surface area contributed by atoms with Gasteiger partial charge in [-0.15, -0.1) is 0 Å². The average Bonchev–Trinajstić information content (AvgIpc) is 2.59. The molecule has 2 aromatic carbocycles. The van der Waals surface area contributed by atoms with Crippen molar-refractivity contribution in [1.29, 1.82) is 0 Å². The summed E-state index contributed by atoms with van der Waals surface area (Å²) >= 11 is 5.85. The van der Waals surface area contributed by atoms with Crippen molar-refractivity contribution in [2.75, 3.05) is 6.61 Å². The van der Waals surface area contributed by atoms with Crippen LogP contribution in [0, 0.1) is 0 Å². The van der Waals surface area contributed by atoms with Crippen LogP contribution >= 0.6 is 11.6 Å². The van der Waals surface area contributed by atoms with Crippen LogP contribution in [0.2, 0.25) is 5.02 Å². The van der Waals surface area contributed by atoms with E-state index in [0.29, 0.717) is 10.6 Å². The first-order valence-electron chi connectivity index (χ1n) is 7.63. The highest BCUT2D eigenvalue weighted by atomic mass is 35.5. The summed E-state index contributed by atoms with van der Waals surface area (Å²) in [4.78, 5) is 23.4. The molecule has 0 radical (unpaired) electrons. The molecule has 0 bridgehead atoms. The molecule has 5 nitrogen and oxygen atoms in total. The van der Waals surface area contributed by atoms with Gasteiger partial charge in [-0.25, -0.2) is 0 Å². The van der Waals surface area contributed by atoms with Crippen molar-refractivity contribution >= 4 is 23.5 Å². The lowest BCUT2D eigenvalue weighted by molar-refractivity contribution is -0.147. The van der Waals surface area contributed by atoms with Gasteiger partial charge < -0.3 is 14.8 Å². The summed E-state index contributed by atoms with van der Waals surface area (Å²) in [5.41, 5.74) is 1.37. The first-order chi connectivity index (χ1) is 12.4. The van der Waals surface area contributed by atoms with Crippen LogP contribution in [0.25, 0.3) is 0 Å². The number of halogens is 3. The van der Waals surface area contributed by atoms with Crippen molar-refractivity contribution in [2.45, 2.75) is 19.6 Å². The van der Waals surface area contributed by atoms with Crippen molar-refractivity contribution in [3.8, 4) is 5.75 Å². The number of hydrogen-bond acceptors (Lipinski definition) is 4. The van der Waals surface area contributed by atoms with Gasteiger partial charge in [-0.2, -0.15) is 8.78 Å². The molecule has 0 saturated heterocycles. The number of alkyl halides is 2. The third-order valence-electron chi connectivity index (χ3n) is 3.24. The molecule has 0 aliphatic carbocycles. The van der Waals surface area contributed by atoms with Gasteiger partial charge in [0.1, 0.15) is 5.75 Å². The van der Waals surface area contributed by atoms with E-state index in [2.05, 4.69) is 10.1 Å². The van der Waals surface area contributed by atoms with Gasteiger partial charge in [-0.1, -0.05) is 35.9 Å². The van der Waals surface area contributed by atoms with Gasteiger partial charge in [0, 0.05) is 11.6 Å². The number of nitrogens with one attached hydrogen (secondary N) is 1. The predicted octanol–water partition coefficient (Wildman–Crippen LogP) is 3.34. The fraction of sp³-hybridized carbons (Fsp3) is 0.222. The molecular weight excluding hydrogens is 368 g/mol. The van der Waals surface area contributed by atoms with Crippen molar-refractivity contribution in [1.82, 2.24) is 5.32 Å². The third kappa shape index (κ3) is 7.06. The predicted molar refractivity (Wildman–Crippen MR) is 91.0 cm³/mol. The Bertz CT molecular complexity index is 753. The lowest BCUT2D eigenvalue weighted by atomic mass is 10.1. The Kier molecular flexibility index (Phi) is 7.35. The number of ether oxygens (including phenoxy) is 2. The number of benzene rings is 2. The Morgan fingerprint density at radius 3 is 2.46 bits per heavy atom. The van der Waals surface area contributed by atoms with Crippen LogP contribution in [0.3, 0.4) is 0 Å². The molecule has 0 unspecified atom stereocenters. The number of hydrogen-bond donors (Lipinski definition) is 1. The number of carbonyl (C=O) groups is 2. The molecule has 0 heterocycles. The summed E-state index contributed by atoms with van der Waals surface area (Å²) in [6.07, 6.45) is -0.0868. The highest BCUT2D eigenvalue weighted by Crippen LogP contribution is 2.15. The van der Waals surface area contributed by atoms with Gasteiger partial charge in [0.2, 0.25) is 0 Å². The van der Waals surface area contributed by atoms with E-state index in [1.165, 1.54) is 24.3 Å². The number of rotatable bonds is 8. The molecule has 2 aromatic rings. The Labute approximate surface area is 153 Å². The molecule has 0 aliphatic rings. The van der Waals surface area contributed by atoms with E-state index in [9.17, 15) is 18.4 Å². The fourth-order valence-electron chi connectivity index (χ4n) is 2.05. The summed E-state index contributed by atoms with van der Waals surface area (Å²) in [6.45, 7) is -3.05. The highest BCUT2D eigenvalue weighted by molar-refractivity contribution is 6.30. The molecule has 1 amide bonds. The summed E-state index contributed by atoms with van der Waals surface area (Å²) in [7, 11) is 0. The zero-order chi connectivity index (χ0) is 18.9. The van der Waals surface area contributed by atoms with Crippen molar-refractivity contribution in [2.24, 2.45) is 0 Å². The molecule has 0 saturated carbocycles. The fourth-order valence-corrected chi connectivity index (χ4v) is 2.26. The zero-order valence-electron chi connectivity index (χ0n) is 13.6. The Morgan fingerprint density at radius 2 is 1.81 bits per heavy atom. The number of amides is 1. The van der Waals surface area contributed by atoms with Gasteiger partial charge in [-0.05, 0) is 35.4 Å². The normalized spacial score (nSPS) is 10.5. The summed E-state index contributed by atoms with van der Waals surface area (Å²) in [5, 5.41) is 3.17. The van der Waals surface area contributed by atoms with E-state index >= 15 is 0 Å². The van der Waals surface area contributed by atoms with Gasteiger partial charge in [-0.3, -0.25) is 9.59 Å². The highest BCUT2D eigenvalue weighted by Gasteiger charge is 2.10. The smallest absolute Gasteiger partial charge is 0.387 e. The third-order valence-corrected chi connectivity index (χ3v) is 3.48. The second-order valence-electron chi connectivity index (χ2n) is 5.27. The maximum Gasteiger partial charge on any atom is 0.387 e. The Morgan fingerprint density at radius 1 is 1.08 bits per heavy atom. The van der Waals surface area contributed by atoms with Gasteiger partial charge in [0.15, 0.2) is 6.61 Å². The van der Waals surface area contributed by atoms with Crippen molar-refractivity contribution in [3.63, 3.8) is 0 Å². The van der Waals surface area contributed by atoms with Crippen LogP contribution in [0.15, 0.2) is 48.5 Å². The van der Waals surface area contributed by atoms with E-state index in [0.717, 1.165) is 5.56 Å². The molecule has 2 rings (SSSR count). The minimum absolute atomic E-state index is 0.00231. The van der Waals surface area contributed by atoms with Crippen LogP contribution in [0.5, 0.6) is 5.75 Å². The van der Waals surface area contributed by atoms with Gasteiger partial charge in [0.05, 0.1) is 6.42 Å². The topological polar surface area (TPSA) is 64.6 Å². The van der Waals surface area contributed by atoms with Crippen LogP contribution in [-0.4, -0.2) is 25.1 Å². The van der Waals surface area contributed by atoms with E-state index in [4.69, 9.17) is 16.3 Å². The van der Waals surface area contributed by atoms with Gasteiger partial charge in [0.25, 0.3) is 5.91 Å². The standard InChI is InChI=1S/C18H16ClF2NO4/c19-14-3-1-2-13(8-14)10-22-16(23)11-25-17(24)9-12-4-6-15(7-5-12)26-18(20)21/h1-8,18H,9-11H2,(H,22,23). The first-order valence-corrected chi connectivity index (χ1v) is 8.00. The second-order valence-corrected chi connectivity index (χ2v) is 5.70. The van der Waals surface area contributed by atoms with Crippen LogP contribution < -0.4 is 10.1 Å². The monoisotopic (exact) mass is 383 g/mol. The van der Waals surface area contributed by atoms with Crippen molar-refractivity contribution < 1.29 is 27.8 Å². The molecular formula is C18H16ClF2NO4. The molecule has 0 aliphatic heterocycles. The molecule has 0 aromatic heterocycles. The summed E-state index contributed by atoms with van der Waals surface area (Å²) in [6, 6.07) is 12.6. The van der Waals surface area contributed by atoms with Crippen molar-refractivity contribution in [3.05, 3.63) is 64.7 Å². The number of esters is 1. The molecule has 0 atom stereocenters. The first kappa shape index (κ1) is 19.7. The minimum atomic E-state index is -2.91. The molecule has 8 heteroatoms.